The van der Waals surface area contributed by atoms with Crippen molar-refractivity contribution >= 4 is 0 Å². The summed E-state index contributed by atoms with van der Waals surface area (Å²) in [6.45, 7) is 7.87. The fraction of sp³-hybridized carbons (Fsp3) is 0.889. The zero-order valence-electron chi connectivity index (χ0n) is 8.04. The fourth-order valence-corrected chi connectivity index (χ4v) is 1.46. The van der Waals surface area contributed by atoms with Crippen molar-refractivity contribution < 1.29 is 0 Å². The number of nitrogens with zero attached hydrogens (tertiary/aromatic N) is 2. The molecular weight excluding hydrogens is 150 g/mol. The van der Waals surface area contributed by atoms with Crippen molar-refractivity contribution in [2.45, 2.75) is 32.4 Å². The number of likely N-dealkylation sites (tertiary alicyclic amines) is 1. The molecule has 0 radical (unpaired) electrons. The van der Waals surface area contributed by atoms with Crippen LogP contribution in [0.4, 0.5) is 0 Å². The van der Waals surface area contributed by atoms with E-state index in [0.29, 0.717) is 5.92 Å². The normalized spacial score (nSPS) is 24.7. The molecule has 0 aromatic heterocycles. The summed E-state index contributed by atoms with van der Waals surface area (Å²) in [7, 11) is 0. The zero-order chi connectivity index (χ0) is 9.35. The SMILES string of the molecule is CC(C)[C@@](C)(C#N)N1CC(N)C1. The van der Waals surface area contributed by atoms with Gasteiger partial charge in [0.2, 0.25) is 0 Å². The highest BCUT2D eigenvalue weighted by Crippen LogP contribution is 2.27. The zero-order valence-corrected chi connectivity index (χ0v) is 8.04. The van der Waals surface area contributed by atoms with Crippen LogP contribution in [0.15, 0.2) is 0 Å². The minimum atomic E-state index is -0.324. The van der Waals surface area contributed by atoms with Gasteiger partial charge in [-0.3, -0.25) is 4.90 Å². The van der Waals surface area contributed by atoms with Gasteiger partial charge in [-0.2, -0.15) is 5.26 Å². The summed E-state index contributed by atoms with van der Waals surface area (Å²) in [4.78, 5) is 2.16. The Morgan fingerprint density at radius 2 is 2.08 bits per heavy atom. The van der Waals surface area contributed by atoms with Crippen LogP contribution in [0.5, 0.6) is 0 Å². The molecule has 0 saturated carbocycles. The highest BCUT2D eigenvalue weighted by atomic mass is 15.3. The fourth-order valence-electron chi connectivity index (χ4n) is 1.46. The third kappa shape index (κ3) is 1.33. The van der Waals surface area contributed by atoms with E-state index in [-0.39, 0.29) is 11.6 Å². The Bertz CT molecular complexity index is 200. The predicted octanol–water partition coefficient (Wildman–Crippen LogP) is 0.568. The van der Waals surface area contributed by atoms with Crippen LogP contribution in [0.3, 0.4) is 0 Å². The molecule has 0 unspecified atom stereocenters. The number of nitrogens with two attached hydrogens (primary N) is 1. The maximum Gasteiger partial charge on any atom is 0.108 e. The quantitative estimate of drug-likeness (QED) is 0.654. The topological polar surface area (TPSA) is 53.0 Å². The number of hydrogen-bond donors (Lipinski definition) is 1. The van der Waals surface area contributed by atoms with Crippen LogP contribution >= 0.6 is 0 Å². The Kier molecular flexibility index (Phi) is 2.41. The van der Waals surface area contributed by atoms with Crippen LogP contribution in [-0.4, -0.2) is 29.6 Å². The molecule has 0 amide bonds. The first-order chi connectivity index (χ1) is 5.50. The van der Waals surface area contributed by atoms with E-state index in [9.17, 15) is 0 Å². The number of rotatable bonds is 2. The molecule has 0 bridgehead atoms. The lowest BCUT2D eigenvalue weighted by Gasteiger charge is -2.47. The average Bonchev–Trinajstić information content (AvgIpc) is 1.97. The van der Waals surface area contributed by atoms with Crippen molar-refractivity contribution in [1.82, 2.24) is 4.90 Å². The van der Waals surface area contributed by atoms with Crippen molar-refractivity contribution in [3.63, 3.8) is 0 Å². The highest BCUT2D eigenvalue weighted by molar-refractivity contribution is 5.11. The molecule has 3 heteroatoms. The van der Waals surface area contributed by atoms with E-state index in [2.05, 4.69) is 24.8 Å². The van der Waals surface area contributed by atoms with Crippen LogP contribution in [0, 0.1) is 17.2 Å². The van der Waals surface area contributed by atoms with Gasteiger partial charge >= 0.3 is 0 Å². The first-order valence-electron chi connectivity index (χ1n) is 4.42. The smallest absolute Gasteiger partial charge is 0.108 e. The van der Waals surface area contributed by atoms with Gasteiger partial charge in [0, 0.05) is 19.1 Å². The van der Waals surface area contributed by atoms with Gasteiger partial charge in [0.15, 0.2) is 0 Å². The van der Waals surface area contributed by atoms with Gasteiger partial charge in [-0.1, -0.05) is 13.8 Å². The van der Waals surface area contributed by atoms with Crippen molar-refractivity contribution in [3.05, 3.63) is 0 Å². The molecule has 2 N–H and O–H groups in total. The molecule has 0 aromatic carbocycles. The van der Waals surface area contributed by atoms with Crippen LogP contribution < -0.4 is 5.73 Å². The van der Waals surface area contributed by atoms with Crippen LogP contribution in [0.2, 0.25) is 0 Å². The minimum Gasteiger partial charge on any atom is -0.325 e. The van der Waals surface area contributed by atoms with Crippen molar-refractivity contribution in [1.29, 1.82) is 5.26 Å². The van der Waals surface area contributed by atoms with Crippen LogP contribution in [0.1, 0.15) is 20.8 Å². The molecular formula is C9H17N3. The Morgan fingerprint density at radius 1 is 1.58 bits per heavy atom. The standard InChI is InChI=1S/C9H17N3/c1-7(2)9(3,6-10)12-4-8(11)5-12/h7-8H,4-5,11H2,1-3H3/t9-/m1/s1. The second-order valence-corrected chi connectivity index (χ2v) is 4.08. The first-order valence-corrected chi connectivity index (χ1v) is 4.42. The predicted molar refractivity (Wildman–Crippen MR) is 48.4 cm³/mol. The summed E-state index contributed by atoms with van der Waals surface area (Å²) in [6, 6.07) is 2.65. The first kappa shape index (κ1) is 9.50. The number of hydrogen-bond acceptors (Lipinski definition) is 3. The second kappa shape index (κ2) is 3.04. The molecule has 68 valence electrons. The van der Waals surface area contributed by atoms with Gasteiger partial charge < -0.3 is 5.73 Å². The van der Waals surface area contributed by atoms with Gasteiger partial charge in [-0.05, 0) is 12.8 Å². The lowest BCUT2D eigenvalue weighted by Crippen LogP contribution is -2.65. The molecule has 0 aliphatic carbocycles. The Balaban J connectivity index is 2.64. The van der Waals surface area contributed by atoms with E-state index in [1.54, 1.807) is 0 Å². The maximum atomic E-state index is 9.04. The lowest BCUT2D eigenvalue weighted by molar-refractivity contribution is 0.0325. The average molecular weight is 167 g/mol. The van der Waals surface area contributed by atoms with E-state index >= 15 is 0 Å². The maximum absolute atomic E-state index is 9.04. The lowest BCUT2D eigenvalue weighted by atomic mass is 9.85. The van der Waals surface area contributed by atoms with Gasteiger partial charge in [0.25, 0.3) is 0 Å². The molecule has 1 aliphatic rings. The van der Waals surface area contributed by atoms with Gasteiger partial charge in [0.05, 0.1) is 6.07 Å². The van der Waals surface area contributed by atoms with Gasteiger partial charge in [0.1, 0.15) is 5.54 Å². The van der Waals surface area contributed by atoms with Crippen molar-refractivity contribution in [2.75, 3.05) is 13.1 Å². The second-order valence-electron chi connectivity index (χ2n) is 4.08. The summed E-state index contributed by atoms with van der Waals surface area (Å²) >= 11 is 0. The Morgan fingerprint density at radius 3 is 2.33 bits per heavy atom. The van der Waals surface area contributed by atoms with Crippen molar-refractivity contribution in [3.8, 4) is 6.07 Å². The molecule has 1 rings (SSSR count). The van der Waals surface area contributed by atoms with E-state index in [4.69, 9.17) is 11.0 Å². The monoisotopic (exact) mass is 167 g/mol. The molecule has 0 spiro atoms. The molecule has 3 nitrogen and oxygen atoms in total. The van der Waals surface area contributed by atoms with Crippen LogP contribution in [0.25, 0.3) is 0 Å². The molecule has 0 aromatic rings. The van der Waals surface area contributed by atoms with E-state index < -0.39 is 0 Å². The largest absolute Gasteiger partial charge is 0.325 e. The van der Waals surface area contributed by atoms with Crippen molar-refractivity contribution in [2.24, 2.45) is 11.7 Å². The molecule has 1 saturated heterocycles. The molecule has 1 atom stereocenters. The van der Waals surface area contributed by atoms with Gasteiger partial charge in [-0.15, -0.1) is 0 Å². The Labute approximate surface area is 74.1 Å². The van der Waals surface area contributed by atoms with Gasteiger partial charge in [-0.25, -0.2) is 0 Å². The minimum absolute atomic E-state index is 0.274. The third-order valence-electron chi connectivity index (χ3n) is 2.92. The molecule has 1 heterocycles. The van der Waals surface area contributed by atoms with Crippen LogP contribution in [-0.2, 0) is 0 Å². The summed E-state index contributed by atoms with van der Waals surface area (Å²) in [6.07, 6.45) is 0. The molecule has 12 heavy (non-hydrogen) atoms. The summed E-state index contributed by atoms with van der Waals surface area (Å²) in [5.41, 5.74) is 5.35. The molecule has 1 aliphatic heterocycles. The third-order valence-corrected chi connectivity index (χ3v) is 2.92. The highest BCUT2D eigenvalue weighted by Gasteiger charge is 2.41. The summed E-state index contributed by atoms with van der Waals surface area (Å²) in [5.74, 6) is 0.356. The number of nitriles is 1. The summed E-state index contributed by atoms with van der Waals surface area (Å²) in [5, 5.41) is 9.04. The Hall–Kier alpha value is -0.590. The van der Waals surface area contributed by atoms with E-state index in [0.717, 1.165) is 13.1 Å². The van der Waals surface area contributed by atoms with E-state index in [1.807, 2.05) is 6.92 Å². The molecule has 1 fully saturated rings. The summed E-state index contributed by atoms with van der Waals surface area (Å²) < 4.78 is 0. The van der Waals surface area contributed by atoms with E-state index in [1.165, 1.54) is 0 Å².